The molecule has 0 bridgehead atoms. The predicted octanol–water partition coefficient (Wildman–Crippen LogP) is 0.840. The standard InChI is InChI=1S/C10H10N4O2/c1-16-10(15)6-2-3-7(8(11)4-6)9-12-5-13-14-9/h2-5H,11H2,1H3,(H,12,13,14). The Morgan fingerprint density at radius 1 is 1.50 bits per heavy atom. The summed E-state index contributed by atoms with van der Waals surface area (Å²) in [6, 6.07) is 4.87. The number of hydrogen-bond donors (Lipinski definition) is 2. The number of aromatic nitrogens is 3. The van der Waals surface area contributed by atoms with Crippen molar-refractivity contribution < 1.29 is 9.53 Å². The van der Waals surface area contributed by atoms with Crippen molar-refractivity contribution in [2.24, 2.45) is 0 Å². The number of ether oxygens (including phenoxy) is 1. The second-order valence-electron chi connectivity index (χ2n) is 3.13. The quantitative estimate of drug-likeness (QED) is 0.575. The van der Waals surface area contributed by atoms with Gasteiger partial charge in [0.05, 0.1) is 12.7 Å². The molecule has 0 amide bonds. The van der Waals surface area contributed by atoms with Gasteiger partial charge < -0.3 is 10.5 Å². The van der Waals surface area contributed by atoms with Gasteiger partial charge in [0.25, 0.3) is 0 Å². The zero-order chi connectivity index (χ0) is 11.5. The zero-order valence-electron chi connectivity index (χ0n) is 8.60. The van der Waals surface area contributed by atoms with E-state index in [4.69, 9.17) is 5.73 Å². The van der Waals surface area contributed by atoms with Gasteiger partial charge in [-0.2, -0.15) is 5.10 Å². The van der Waals surface area contributed by atoms with Crippen LogP contribution in [0.1, 0.15) is 10.4 Å². The normalized spacial score (nSPS) is 10.1. The van der Waals surface area contributed by atoms with Crippen LogP contribution in [0.5, 0.6) is 0 Å². The summed E-state index contributed by atoms with van der Waals surface area (Å²) in [5.74, 6) is 0.143. The molecule has 0 fully saturated rings. The van der Waals surface area contributed by atoms with E-state index in [-0.39, 0.29) is 0 Å². The monoisotopic (exact) mass is 218 g/mol. The number of H-pyrrole nitrogens is 1. The molecule has 16 heavy (non-hydrogen) atoms. The Labute approximate surface area is 91.5 Å². The minimum absolute atomic E-state index is 0.406. The first-order valence-electron chi connectivity index (χ1n) is 4.56. The van der Waals surface area contributed by atoms with Crippen LogP contribution in [0.2, 0.25) is 0 Å². The third kappa shape index (κ3) is 1.72. The molecule has 0 saturated heterocycles. The Kier molecular flexibility index (Phi) is 2.55. The highest BCUT2D eigenvalue weighted by Crippen LogP contribution is 2.23. The molecule has 6 heteroatoms. The summed E-state index contributed by atoms with van der Waals surface area (Å²) in [5.41, 5.74) is 7.36. The van der Waals surface area contributed by atoms with Crippen LogP contribution in [0.3, 0.4) is 0 Å². The largest absolute Gasteiger partial charge is 0.465 e. The van der Waals surface area contributed by atoms with Crippen LogP contribution >= 0.6 is 0 Å². The average molecular weight is 218 g/mol. The Balaban J connectivity index is 2.41. The fraction of sp³-hybridized carbons (Fsp3) is 0.100. The molecule has 0 aliphatic carbocycles. The zero-order valence-corrected chi connectivity index (χ0v) is 8.60. The lowest BCUT2D eigenvalue weighted by Crippen LogP contribution is -2.02. The third-order valence-electron chi connectivity index (χ3n) is 2.14. The van der Waals surface area contributed by atoms with Crippen molar-refractivity contribution in [3.05, 3.63) is 30.1 Å². The number of nitrogen functional groups attached to an aromatic ring is 1. The fourth-order valence-corrected chi connectivity index (χ4v) is 1.36. The molecule has 3 N–H and O–H groups in total. The van der Waals surface area contributed by atoms with Gasteiger partial charge in [0.2, 0.25) is 0 Å². The number of methoxy groups -OCH3 is 1. The fourth-order valence-electron chi connectivity index (χ4n) is 1.36. The molecular formula is C10H10N4O2. The molecule has 0 unspecified atom stereocenters. The molecule has 2 rings (SSSR count). The van der Waals surface area contributed by atoms with Crippen molar-refractivity contribution in [2.75, 3.05) is 12.8 Å². The number of anilines is 1. The maximum atomic E-state index is 11.2. The van der Waals surface area contributed by atoms with Crippen LogP contribution in [0.4, 0.5) is 5.69 Å². The van der Waals surface area contributed by atoms with Gasteiger partial charge >= 0.3 is 5.97 Å². The van der Waals surface area contributed by atoms with Gasteiger partial charge in [-0.15, -0.1) is 0 Å². The van der Waals surface area contributed by atoms with Crippen LogP contribution in [0.25, 0.3) is 11.4 Å². The van der Waals surface area contributed by atoms with Crippen LogP contribution in [0, 0.1) is 0 Å². The van der Waals surface area contributed by atoms with Crippen molar-refractivity contribution in [2.45, 2.75) is 0 Å². The average Bonchev–Trinajstić information content (AvgIpc) is 2.81. The minimum Gasteiger partial charge on any atom is -0.465 e. The van der Waals surface area contributed by atoms with Crippen LogP contribution < -0.4 is 5.73 Å². The van der Waals surface area contributed by atoms with Gasteiger partial charge in [-0.3, -0.25) is 5.10 Å². The summed E-state index contributed by atoms with van der Waals surface area (Å²) < 4.78 is 4.59. The van der Waals surface area contributed by atoms with Gasteiger partial charge in [0.1, 0.15) is 6.33 Å². The summed E-state index contributed by atoms with van der Waals surface area (Å²) in [5, 5.41) is 6.43. The maximum absolute atomic E-state index is 11.2. The number of hydrogen-bond acceptors (Lipinski definition) is 5. The van der Waals surface area contributed by atoms with Gasteiger partial charge in [-0.1, -0.05) is 0 Å². The van der Waals surface area contributed by atoms with Gasteiger partial charge in [0.15, 0.2) is 5.82 Å². The molecule has 6 nitrogen and oxygen atoms in total. The molecule has 0 saturated carbocycles. The first-order valence-corrected chi connectivity index (χ1v) is 4.56. The number of benzene rings is 1. The van der Waals surface area contributed by atoms with E-state index < -0.39 is 5.97 Å². The minimum atomic E-state index is -0.421. The van der Waals surface area contributed by atoms with E-state index in [1.54, 1.807) is 18.2 Å². The van der Waals surface area contributed by atoms with Crippen LogP contribution in [-0.4, -0.2) is 28.3 Å². The molecule has 82 valence electrons. The molecule has 0 aliphatic heterocycles. The summed E-state index contributed by atoms with van der Waals surface area (Å²) in [7, 11) is 1.32. The number of nitrogens with zero attached hydrogens (tertiary/aromatic N) is 2. The van der Waals surface area contributed by atoms with Crippen molar-refractivity contribution in [3.8, 4) is 11.4 Å². The van der Waals surface area contributed by atoms with Gasteiger partial charge in [-0.25, -0.2) is 9.78 Å². The molecule has 1 aromatic carbocycles. The van der Waals surface area contributed by atoms with Crippen molar-refractivity contribution in [1.82, 2.24) is 15.2 Å². The van der Waals surface area contributed by atoms with Gasteiger partial charge in [-0.05, 0) is 18.2 Å². The van der Waals surface area contributed by atoms with E-state index in [0.29, 0.717) is 22.6 Å². The molecule has 2 aromatic rings. The lowest BCUT2D eigenvalue weighted by Gasteiger charge is -2.04. The smallest absolute Gasteiger partial charge is 0.337 e. The van der Waals surface area contributed by atoms with Crippen LogP contribution in [0.15, 0.2) is 24.5 Å². The summed E-state index contributed by atoms with van der Waals surface area (Å²) in [6.45, 7) is 0. The molecule has 1 aromatic heterocycles. The highest BCUT2D eigenvalue weighted by Gasteiger charge is 2.10. The number of aromatic amines is 1. The Morgan fingerprint density at radius 3 is 2.88 bits per heavy atom. The Morgan fingerprint density at radius 2 is 2.31 bits per heavy atom. The number of carbonyl (C=O) groups is 1. The topological polar surface area (TPSA) is 93.9 Å². The Hall–Kier alpha value is -2.37. The van der Waals surface area contributed by atoms with E-state index >= 15 is 0 Å². The van der Waals surface area contributed by atoms with E-state index in [1.807, 2.05) is 0 Å². The SMILES string of the molecule is COC(=O)c1ccc(-c2ncn[nH]2)c(N)c1. The molecule has 0 radical (unpaired) electrons. The molecule has 0 atom stereocenters. The van der Waals surface area contributed by atoms with Gasteiger partial charge in [0, 0.05) is 11.3 Å². The summed E-state index contributed by atoms with van der Waals surface area (Å²) >= 11 is 0. The second-order valence-corrected chi connectivity index (χ2v) is 3.13. The predicted molar refractivity (Wildman–Crippen MR) is 57.6 cm³/mol. The highest BCUT2D eigenvalue weighted by molar-refractivity contribution is 5.92. The van der Waals surface area contributed by atoms with Crippen molar-refractivity contribution in [1.29, 1.82) is 0 Å². The van der Waals surface area contributed by atoms with E-state index in [2.05, 4.69) is 19.9 Å². The summed E-state index contributed by atoms with van der Waals surface area (Å²) in [6.07, 6.45) is 1.39. The number of esters is 1. The van der Waals surface area contributed by atoms with Crippen LogP contribution in [-0.2, 0) is 4.74 Å². The first-order chi connectivity index (χ1) is 7.72. The van der Waals surface area contributed by atoms with Crippen molar-refractivity contribution in [3.63, 3.8) is 0 Å². The van der Waals surface area contributed by atoms with Crippen molar-refractivity contribution >= 4 is 11.7 Å². The molecule has 0 aliphatic rings. The number of carbonyl (C=O) groups excluding carboxylic acids is 1. The molecule has 1 heterocycles. The molecule has 0 spiro atoms. The maximum Gasteiger partial charge on any atom is 0.337 e. The van der Waals surface area contributed by atoms with E-state index in [0.717, 1.165) is 0 Å². The lowest BCUT2D eigenvalue weighted by atomic mass is 10.1. The number of nitrogens with one attached hydrogen (secondary N) is 1. The highest BCUT2D eigenvalue weighted by atomic mass is 16.5. The van der Waals surface area contributed by atoms with E-state index in [9.17, 15) is 4.79 Å². The third-order valence-corrected chi connectivity index (χ3v) is 2.14. The second kappa shape index (κ2) is 4.01. The summed E-state index contributed by atoms with van der Waals surface area (Å²) in [4.78, 5) is 15.2. The number of rotatable bonds is 2. The van der Waals surface area contributed by atoms with E-state index in [1.165, 1.54) is 13.4 Å². The Bertz CT molecular complexity index is 508. The lowest BCUT2D eigenvalue weighted by molar-refractivity contribution is 0.0601. The first kappa shape index (κ1) is 10.2. The number of nitrogens with two attached hydrogens (primary N) is 1. The molecular weight excluding hydrogens is 208 g/mol.